The number of thiophene rings is 1. The molecule has 0 N–H and O–H groups in total. The summed E-state index contributed by atoms with van der Waals surface area (Å²) in [4.78, 5) is 36.8. The SMILES string of the molecule is COCc1c(C(=O)Oc2cc(C(=O)OC)cc(C(=O)OC)c2)sc2cccc(F)c12. The zero-order chi connectivity index (χ0) is 21.8. The predicted molar refractivity (Wildman–Crippen MR) is 107 cm³/mol. The molecule has 0 saturated carbocycles. The zero-order valence-electron chi connectivity index (χ0n) is 16.3. The number of hydrogen-bond donors (Lipinski definition) is 0. The van der Waals surface area contributed by atoms with Crippen molar-refractivity contribution in [2.24, 2.45) is 0 Å². The maximum Gasteiger partial charge on any atom is 0.354 e. The zero-order valence-corrected chi connectivity index (χ0v) is 17.1. The van der Waals surface area contributed by atoms with Crippen LogP contribution >= 0.6 is 11.3 Å². The third-order valence-corrected chi connectivity index (χ3v) is 5.37. The molecule has 30 heavy (non-hydrogen) atoms. The van der Waals surface area contributed by atoms with E-state index in [0.29, 0.717) is 10.3 Å². The van der Waals surface area contributed by atoms with Crippen molar-refractivity contribution < 1.29 is 37.7 Å². The van der Waals surface area contributed by atoms with Crippen LogP contribution in [0.4, 0.5) is 4.39 Å². The number of esters is 3. The van der Waals surface area contributed by atoms with Crippen molar-refractivity contribution >= 4 is 39.3 Å². The van der Waals surface area contributed by atoms with Crippen molar-refractivity contribution in [3.05, 3.63) is 63.8 Å². The molecule has 0 atom stereocenters. The number of carbonyl (C=O) groups excluding carboxylic acids is 3. The second-order valence-corrected chi connectivity index (χ2v) is 7.13. The minimum absolute atomic E-state index is 0.000970. The molecular weight excluding hydrogens is 415 g/mol. The van der Waals surface area contributed by atoms with Crippen LogP contribution in [0.15, 0.2) is 36.4 Å². The van der Waals surface area contributed by atoms with Crippen molar-refractivity contribution in [2.75, 3.05) is 21.3 Å². The minimum atomic E-state index is -0.777. The Hall–Kier alpha value is -3.30. The van der Waals surface area contributed by atoms with Gasteiger partial charge in [-0.25, -0.2) is 18.8 Å². The first kappa shape index (κ1) is 21.4. The van der Waals surface area contributed by atoms with Crippen molar-refractivity contribution in [3.8, 4) is 5.75 Å². The first-order valence-corrected chi connectivity index (χ1v) is 9.44. The predicted octanol–water partition coefficient (Wildman–Crippen LogP) is 3.98. The molecule has 0 aliphatic carbocycles. The van der Waals surface area contributed by atoms with E-state index < -0.39 is 23.7 Å². The van der Waals surface area contributed by atoms with E-state index in [9.17, 15) is 18.8 Å². The van der Waals surface area contributed by atoms with E-state index in [-0.39, 0.29) is 33.7 Å². The lowest BCUT2D eigenvalue weighted by atomic mass is 10.1. The van der Waals surface area contributed by atoms with Crippen LogP contribution in [0.1, 0.15) is 36.0 Å². The molecule has 9 heteroatoms. The highest BCUT2D eigenvalue weighted by Gasteiger charge is 2.23. The van der Waals surface area contributed by atoms with Crippen LogP contribution in [0, 0.1) is 5.82 Å². The molecule has 0 amide bonds. The van der Waals surface area contributed by atoms with Crippen molar-refractivity contribution in [1.82, 2.24) is 0 Å². The summed E-state index contributed by atoms with van der Waals surface area (Å²) >= 11 is 1.06. The Labute approximate surface area is 174 Å². The molecule has 3 rings (SSSR count). The van der Waals surface area contributed by atoms with Gasteiger partial charge in [0.25, 0.3) is 0 Å². The summed E-state index contributed by atoms with van der Waals surface area (Å²) in [7, 11) is 3.80. The lowest BCUT2D eigenvalue weighted by molar-refractivity contribution is 0.0593. The van der Waals surface area contributed by atoms with Crippen molar-refractivity contribution in [3.63, 3.8) is 0 Å². The summed E-state index contributed by atoms with van der Waals surface area (Å²) in [5.41, 5.74) is 0.364. The number of rotatable bonds is 6. The van der Waals surface area contributed by atoms with Crippen molar-refractivity contribution in [1.29, 1.82) is 0 Å². The van der Waals surface area contributed by atoms with E-state index in [1.54, 1.807) is 12.1 Å². The van der Waals surface area contributed by atoms with Gasteiger partial charge in [-0.1, -0.05) is 6.07 Å². The van der Waals surface area contributed by atoms with Gasteiger partial charge in [0.1, 0.15) is 16.4 Å². The van der Waals surface area contributed by atoms with Gasteiger partial charge in [-0.3, -0.25) is 0 Å². The van der Waals surface area contributed by atoms with Crippen LogP contribution in [0.25, 0.3) is 10.1 Å². The van der Waals surface area contributed by atoms with Crippen molar-refractivity contribution in [2.45, 2.75) is 6.61 Å². The smallest absolute Gasteiger partial charge is 0.354 e. The molecule has 3 aromatic rings. The Balaban J connectivity index is 2.03. The van der Waals surface area contributed by atoms with Gasteiger partial charge in [-0.2, -0.15) is 0 Å². The Morgan fingerprint density at radius 2 is 1.57 bits per heavy atom. The van der Waals surface area contributed by atoms with E-state index in [2.05, 4.69) is 9.47 Å². The monoisotopic (exact) mass is 432 g/mol. The Morgan fingerprint density at radius 3 is 2.13 bits per heavy atom. The molecule has 0 aliphatic rings. The fourth-order valence-electron chi connectivity index (χ4n) is 2.90. The highest BCUT2D eigenvalue weighted by atomic mass is 32.1. The van der Waals surface area contributed by atoms with Crippen LogP contribution in [0.5, 0.6) is 5.75 Å². The lowest BCUT2D eigenvalue weighted by Gasteiger charge is -2.09. The number of halogens is 1. The summed E-state index contributed by atoms with van der Waals surface area (Å²) in [6.07, 6.45) is 0. The molecule has 2 aromatic carbocycles. The van der Waals surface area contributed by atoms with Gasteiger partial charge in [0.15, 0.2) is 0 Å². The van der Waals surface area contributed by atoms with E-state index in [1.165, 1.54) is 45.6 Å². The average Bonchev–Trinajstić information content (AvgIpc) is 3.12. The molecule has 0 aliphatic heterocycles. The molecule has 0 saturated heterocycles. The standard InChI is InChI=1S/C21H17FO7S/c1-26-10-14-17-15(22)5-4-6-16(17)30-18(14)21(25)29-13-8-11(19(23)27-2)7-12(9-13)20(24)28-3/h4-9H,10H2,1-3H3. The summed E-state index contributed by atoms with van der Waals surface area (Å²) in [5, 5.41) is 0.287. The molecule has 0 unspecified atom stereocenters. The van der Waals surface area contributed by atoms with Gasteiger partial charge in [0, 0.05) is 22.8 Å². The van der Waals surface area contributed by atoms with Gasteiger partial charge < -0.3 is 18.9 Å². The number of carbonyl (C=O) groups is 3. The second kappa shape index (κ2) is 9.02. The molecule has 1 heterocycles. The highest BCUT2D eigenvalue weighted by molar-refractivity contribution is 7.21. The third kappa shape index (κ3) is 4.17. The van der Waals surface area contributed by atoms with Gasteiger partial charge in [0.2, 0.25) is 0 Å². The van der Waals surface area contributed by atoms with Crippen LogP contribution in [0.2, 0.25) is 0 Å². The van der Waals surface area contributed by atoms with E-state index in [0.717, 1.165) is 11.3 Å². The van der Waals surface area contributed by atoms with Gasteiger partial charge in [-0.05, 0) is 30.3 Å². The van der Waals surface area contributed by atoms with Gasteiger partial charge >= 0.3 is 17.9 Å². The van der Waals surface area contributed by atoms with Crippen LogP contribution < -0.4 is 4.74 Å². The molecule has 0 spiro atoms. The summed E-state index contributed by atoms with van der Waals surface area (Å²) < 4.78 is 34.8. The number of hydrogen-bond acceptors (Lipinski definition) is 8. The van der Waals surface area contributed by atoms with Gasteiger partial charge in [0.05, 0.1) is 32.0 Å². The molecule has 1 aromatic heterocycles. The van der Waals surface area contributed by atoms with Crippen LogP contribution in [-0.4, -0.2) is 39.2 Å². The maximum absolute atomic E-state index is 14.3. The molecular formula is C21H17FO7S. The molecule has 0 fully saturated rings. The van der Waals surface area contributed by atoms with E-state index in [4.69, 9.17) is 9.47 Å². The normalized spacial score (nSPS) is 10.7. The molecule has 0 radical (unpaired) electrons. The third-order valence-electron chi connectivity index (χ3n) is 4.20. The first-order valence-electron chi connectivity index (χ1n) is 8.62. The highest BCUT2D eigenvalue weighted by Crippen LogP contribution is 2.34. The average molecular weight is 432 g/mol. The molecule has 156 valence electrons. The summed E-state index contributed by atoms with van der Waals surface area (Å²) in [6, 6.07) is 8.32. The number of benzene rings is 2. The number of fused-ring (bicyclic) bond motifs is 1. The Bertz CT molecular complexity index is 1100. The topological polar surface area (TPSA) is 88.1 Å². The fraction of sp³-hybridized carbons (Fsp3) is 0.190. The lowest BCUT2D eigenvalue weighted by Crippen LogP contribution is -2.12. The number of ether oxygens (including phenoxy) is 4. The summed E-state index contributed by atoms with van der Waals surface area (Å²) in [5.74, 6) is -2.76. The molecule has 0 bridgehead atoms. The maximum atomic E-state index is 14.3. The van der Waals surface area contributed by atoms with Gasteiger partial charge in [-0.15, -0.1) is 11.3 Å². The second-order valence-electron chi connectivity index (χ2n) is 6.07. The molecule has 7 nitrogen and oxygen atoms in total. The fourth-order valence-corrected chi connectivity index (χ4v) is 4.00. The Morgan fingerprint density at radius 1 is 0.933 bits per heavy atom. The van der Waals surface area contributed by atoms with E-state index >= 15 is 0 Å². The minimum Gasteiger partial charge on any atom is -0.465 e. The van der Waals surface area contributed by atoms with Crippen LogP contribution in [0.3, 0.4) is 0 Å². The number of methoxy groups -OCH3 is 3. The van der Waals surface area contributed by atoms with Crippen LogP contribution in [-0.2, 0) is 20.8 Å². The first-order chi connectivity index (χ1) is 14.4. The van der Waals surface area contributed by atoms with E-state index in [1.807, 2.05) is 0 Å². The quantitative estimate of drug-likeness (QED) is 0.430. The Kier molecular flexibility index (Phi) is 6.43. The largest absolute Gasteiger partial charge is 0.465 e. The summed E-state index contributed by atoms with van der Waals surface area (Å²) in [6.45, 7) is 0.000970.